The van der Waals surface area contributed by atoms with Crippen LogP contribution >= 0.6 is 0 Å². The Bertz CT molecular complexity index is 1230. The zero-order valence-electron chi connectivity index (χ0n) is 19.9. The van der Waals surface area contributed by atoms with Crippen LogP contribution in [-0.4, -0.2) is 54.7 Å². The highest BCUT2D eigenvalue weighted by atomic mass is 16.5. The normalized spacial score (nSPS) is 11.2. The molecule has 0 bridgehead atoms. The number of nitriles is 1. The molecule has 0 aliphatic carbocycles. The van der Waals surface area contributed by atoms with Crippen molar-refractivity contribution in [2.45, 2.75) is 19.5 Å². The first kappa shape index (κ1) is 25.0. The lowest BCUT2D eigenvalue weighted by Gasteiger charge is -2.15. The number of nitrogens with one attached hydrogen (secondary N) is 2. The van der Waals surface area contributed by atoms with Crippen molar-refractivity contribution < 1.29 is 23.8 Å². The predicted octanol–water partition coefficient (Wildman–Crippen LogP) is 2.04. The van der Waals surface area contributed by atoms with Crippen molar-refractivity contribution in [2.75, 3.05) is 27.9 Å². The van der Waals surface area contributed by atoms with Crippen molar-refractivity contribution in [3.63, 3.8) is 0 Å². The van der Waals surface area contributed by atoms with Gasteiger partial charge < -0.3 is 24.8 Å². The highest BCUT2D eigenvalue weighted by Crippen LogP contribution is 2.39. The van der Waals surface area contributed by atoms with Crippen LogP contribution in [0.4, 0.5) is 0 Å². The third-order valence-electron chi connectivity index (χ3n) is 5.16. The number of aryl methyl sites for hydroxylation is 1. The lowest BCUT2D eigenvalue weighted by Crippen LogP contribution is -2.28. The fraction of sp³-hybridized carbons (Fsp3) is 0.292. The Labute approximate surface area is 202 Å². The van der Waals surface area contributed by atoms with Gasteiger partial charge in [0.15, 0.2) is 17.2 Å². The van der Waals surface area contributed by atoms with E-state index in [9.17, 15) is 14.9 Å². The Morgan fingerprint density at radius 1 is 1.03 bits per heavy atom. The van der Waals surface area contributed by atoms with Crippen LogP contribution in [0.5, 0.6) is 17.2 Å². The van der Waals surface area contributed by atoms with Crippen LogP contribution in [0.3, 0.4) is 0 Å². The molecular weight excluding hydrogens is 452 g/mol. The molecule has 1 atom stereocenters. The maximum Gasteiger partial charge on any atom is 0.274 e. The number of benzene rings is 2. The first-order valence-electron chi connectivity index (χ1n) is 10.7. The largest absolute Gasteiger partial charge is 0.493 e. The van der Waals surface area contributed by atoms with E-state index in [-0.39, 0.29) is 36.0 Å². The summed E-state index contributed by atoms with van der Waals surface area (Å²) in [5.41, 5.74) is 2.07. The van der Waals surface area contributed by atoms with Gasteiger partial charge in [-0.2, -0.15) is 5.26 Å². The number of nitrogens with zero attached hydrogens (tertiary/aromatic N) is 4. The van der Waals surface area contributed by atoms with Crippen molar-refractivity contribution >= 4 is 11.8 Å². The highest BCUT2D eigenvalue weighted by Gasteiger charge is 2.21. The fourth-order valence-electron chi connectivity index (χ4n) is 3.33. The van der Waals surface area contributed by atoms with Crippen molar-refractivity contribution in [1.82, 2.24) is 25.6 Å². The lowest BCUT2D eigenvalue weighted by molar-refractivity contribution is 0.0934. The number of carbonyl (C=O) groups is 2. The topological polar surface area (TPSA) is 140 Å². The Morgan fingerprint density at radius 3 is 2.37 bits per heavy atom. The molecule has 35 heavy (non-hydrogen) atoms. The number of methoxy groups -OCH3 is 3. The summed E-state index contributed by atoms with van der Waals surface area (Å²) < 4.78 is 17.3. The van der Waals surface area contributed by atoms with Crippen LogP contribution in [-0.2, 0) is 6.54 Å². The quantitative estimate of drug-likeness (QED) is 0.451. The van der Waals surface area contributed by atoms with Crippen LogP contribution in [0.1, 0.15) is 38.0 Å². The molecule has 1 aromatic heterocycles. The molecule has 1 heterocycles. The molecule has 3 rings (SSSR count). The van der Waals surface area contributed by atoms with Crippen LogP contribution in [0, 0.1) is 18.3 Å². The summed E-state index contributed by atoms with van der Waals surface area (Å²) in [6.45, 7) is 2.42. The second-order valence-electron chi connectivity index (χ2n) is 7.45. The van der Waals surface area contributed by atoms with Gasteiger partial charge in [-0.15, -0.1) is 5.10 Å². The highest BCUT2D eigenvalue weighted by molar-refractivity contribution is 5.98. The molecule has 11 heteroatoms. The van der Waals surface area contributed by atoms with Crippen molar-refractivity contribution in [3.05, 3.63) is 65.0 Å². The lowest BCUT2D eigenvalue weighted by atomic mass is 10.1. The van der Waals surface area contributed by atoms with Crippen LogP contribution in [0.15, 0.2) is 42.6 Å². The Morgan fingerprint density at radius 2 is 1.74 bits per heavy atom. The molecule has 0 aliphatic heterocycles. The van der Waals surface area contributed by atoms with Gasteiger partial charge in [0, 0.05) is 6.54 Å². The zero-order valence-corrected chi connectivity index (χ0v) is 19.9. The summed E-state index contributed by atoms with van der Waals surface area (Å²) in [6, 6.07) is 11.8. The Kier molecular flexibility index (Phi) is 8.24. The standard InChI is InChI=1S/C24H26N6O5/c1-15-5-7-16(8-6-15)18(13-25)27-24(32)19-14-30(29-28-19)12-11-26-23(31)17-9-10-20(33-2)22(35-4)21(17)34-3/h5-10,14,18H,11-12H2,1-4H3,(H,26,31)(H,27,32). The van der Waals surface area contributed by atoms with Gasteiger partial charge in [0.2, 0.25) is 5.75 Å². The van der Waals surface area contributed by atoms with Gasteiger partial charge >= 0.3 is 0 Å². The van der Waals surface area contributed by atoms with Crippen molar-refractivity contribution in [2.24, 2.45) is 0 Å². The number of carbonyl (C=O) groups excluding carboxylic acids is 2. The number of ether oxygens (including phenoxy) is 3. The minimum absolute atomic E-state index is 0.0604. The molecule has 2 N–H and O–H groups in total. The van der Waals surface area contributed by atoms with E-state index in [1.54, 1.807) is 24.3 Å². The third-order valence-corrected chi connectivity index (χ3v) is 5.16. The average molecular weight is 479 g/mol. The average Bonchev–Trinajstić information content (AvgIpc) is 3.35. The van der Waals surface area contributed by atoms with Gasteiger partial charge in [-0.25, -0.2) is 4.68 Å². The molecule has 0 radical (unpaired) electrons. The van der Waals surface area contributed by atoms with Gasteiger partial charge in [-0.1, -0.05) is 35.0 Å². The van der Waals surface area contributed by atoms with E-state index in [4.69, 9.17) is 14.2 Å². The Balaban J connectivity index is 1.59. The minimum Gasteiger partial charge on any atom is -0.493 e. The van der Waals surface area contributed by atoms with Gasteiger partial charge in [-0.3, -0.25) is 9.59 Å². The van der Waals surface area contributed by atoms with E-state index in [1.807, 2.05) is 19.1 Å². The maximum atomic E-state index is 12.7. The first-order chi connectivity index (χ1) is 16.9. The number of hydrogen-bond acceptors (Lipinski definition) is 8. The van der Waals surface area contributed by atoms with Gasteiger partial charge in [-0.05, 0) is 24.6 Å². The smallest absolute Gasteiger partial charge is 0.274 e. The van der Waals surface area contributed by atoms with Crippen LogP contribution in [0.25, 0.3) is 0 Å². The number of rotatable bonds is 10. The second-order valence-corrected chi connectivity index (χ2v) is 7.45. The molecule has 0 spiro atoms. The van der Waals surface area contributed by atoms with Gasteiger partial charge in [0.1, 0.15) is 6.04 Å². The number of amides is 2. The Hall–Kier alpha value is -4.59. The summed E-state index contributed by atoms with van der Waals surface area (Å²) in [5, 5.41) is 22.6. The van der Waals surface area contributed by atoms with Crippen molar-refractivity contribution in [1.29, 1.82) is 5.26 Å². The van der Waals surface area contributed by atoms with E-state index in [0.29, 0.717) is 17.1 Å². The van der Waals surface area contributed by atoms with Gasteiger partial charge in [0.25, 0.3) is 11.8 Å². The van der Waals surface area contributed by atoms with E-state index in [1.165, 1.54) is 32.2 Å². The molecule has 2 aromatic carbocycles. The summed E-state index contributed by atoms with van der Waals surface area (Å²) >= 11 is 0. The number of aromatic nitrogens is 3. The molecule has 11 nitrogen and oxygen atoms in total. The van der Waals surface area contributed by atoms with Crippen LogP contribution < -0.4 is 24.8 Å². The summed E-state index contributed by atoms with van der Waals surface area (Å²) in [5.74, 6) is 0.106. The molecule has 3 aromatic rings. The third kappa shape index (κ3) is 5.86. The molecule has 2 amide bonds. The summed E-state index contributed by atoms with van der Waals surface area (Å²) in [6.07, 6.45) is 1.45. The summed E-state index contributed by atoms with van der Waals surface area (Å²) in [7, 11) is 4.39. The van der Waals surface area contributed by atoms with E-state index >= 15 is 0 Å². The molecule has 0 aliphatic rings. The van der Waals surface area contributed by atoms with E-state index in [0.717, 1.165) is 5.56 Å². The van der Waals surface area contributed by atoms with E-state index < -0.39 is 11.9 Å². The maximum absolute atomic E-state index is 12.7. The fourth-order valence-corrected chi connectivity index (χ4v) is 3.33. The predicted molar refractivity (Wildman–Crippen MR) is 125 cm³/mol. The zero-order chi connectivity index (χ0) is 25.4. The van der Waals surface area contributed by atoms with Crippen molar-refractivity contribution in [3.8, 4) is 23.3 Å². The second kappa shape index (κ2) is 11.5. The summed E-state index contributed by atoms with van der Waals surface area (Å²) in [4.78, 5) is 25.2. The molecular formula is C24H26N6O5. The molecule has 182 valence electrons. The molecule has 0 saturated heterocycles. The number of hydrogen-bond donors (Lipinski definition) is 2. The first-order valence-corrected chi connectivity index (χ1v) is 10.7. The molecule has 0 fully saturated rings. The SMILES string of the molecule is COc1ccc(C(=O)NCCn2cc(C(=O)NC(C#N)c3ccc(C)cc3)nn2)c(OC)c1OC. The molecule has 1 unspecified atom stereocenters. The van der Waals surface area contributed by atoms with Crippen LogP contribution in [0.2, 0.25) is 0 Å². The van der Waals surface area contributed by atoms with Gasteiger partial charge in [0.05, 0.1) is 45.7 Å². The molecule has 0 saturated carbocycles. The minimum atomic E-state index is -0.816. The monoisotopic (exact) mass is 478 g/mol. The van der Waals surface area contributed by atoms with E-state index in [2.05, 4.69) is 27.0 Å².